The van der Waals surface area contributed by atoms with Crippen molar-refractivity contribution in [2.24, 2.45) is 11.8 Å². The van der Waals surface area contributed by atoms with E-state index in [4.69, 9.17) is 0 Å². The molecule has 0 aromatic heterocycles. The Bertz CT molecular complexity index is 235. The van der Waals surface area contributed by atoms with Gasteiger partial charge < -0.3 is 5.32 Å². The lowest BCUT2D eigenvalue weighted by molar-refractivity contribution is 0.0711. The van der Waals surface area contributed by atoms with Gasteiger partial charge in [0.05, 0.1) is 0 Å². The topological polar surface area (TPSA) is 15.3 Å². The summed E-state index contributed by atoms with van der Waals surface area (Å²) in [5.41, 5.74) is 0. The third kappa shape index (κ3) is 3.45. The molecule has 1 heterocycles. The van der Waals surface area contributed by atoms with Crippen molar-refractivity contribution < 1.29 is 0 Å². The maximum absolute atomic E-state index is 3.78. The summed E-state index contributed by atoms with van der Waals surface area (Å²) in [6.45, 7) is 11.9. The van der Waals surface area contributed by atoms with Gasteiger partial charge in [0.2, 0.25) is 0 Å². The first kappa shape index (κ1) is 13.4. The molecule has 1 saturated heterocycles. The van der Waals surface area contributed by atoms with Crippen molar-refractivity contribution in [3.63, 3.8) is 0 Å². The van der Waals surface area contributed by atoms with E-state index in [1.807, 2.05) is 0 Å². The van der Waals surface area contributed by atoms with Crippen LogP contribution in [0.3, 0.4) is 0 Å². The minimum Gasteiger partial charge on any atom is -0.311 e. The van der Waals surface area contributed by atoms with Gasteiger partial charge in [0, 0.05) is 31.2 Å². The summed E-state index contributed by atoms with van der Waals surface area (Å²) in [6, 6.07) is 2.30. The van der Waals surface area contributed by atoms with Gasteiger partial charge >= 0.3 is 0 Å². The third-order valence-electron chi connectivity index (χ3n) is 4.53. The summed E-state index contributed by atoms with van der Waals surface area (Å²) >= 11 is 0. The van der Waals surface area contributed by atoms with Crippen LogP contribution in [0.1, 0.15) is 53.4 Å². The molecule has 0 amide bonds. The molecule has 1 N–H and O–H groups in total. The minimum absolute atomic E-state index is 0.753. The fourth-order valence-corrected chi connectivity index (χ4v) is 3.40. The zero-order chi connectivity index (χ0) is 12.4. The summed E-state index contributed by atoms with van der Waals surface area (Å²) in [5, 5.41) is 3.78. The summed E-state index contributed by atoms with van der Waals surface area (Å²) in [6.07, 6.45) is 5.54. The largest absolute Gasteiger partial charge is 0.311 e. The molecular weight excluding hydrogens is 208 g/mol. The summed E-state index contributed by atoms with van der Waals surface area (Å²) in [4.78, 5) is 2.79. The molecule has 3 atom stereocenters. The molecule has 17 heavy (non-hydrogen) atoms. The predicted octanol–water partition coefficient (Wildman–Crippen LogP) is 2.88. The maximum atomic E-state index is 3.78. The Morgan fingerprint density at radius 2 is 1.94 bits per heavy atom. The van der Waals surface area contributed by atoms with E-state index in [0.717, 1.165) is 30.0 Å². The van der Waals surface area contributed by atoms with E-state index in [1.54, 1.807) is 0 Å². The number of piperazine rings is 1. The molecule has 0 aromatic rings. The average Bonchev–Trinajstić information content (AvgIpc) is 3.11. The highest BCUT2D eigenvalue weighted by atomic mass is 15.3. The van der Waals surface area contributed by atoms with Crippen LogP contribution in [-0.2, 0) is 0 Å². The van der Waals surface area contributed by atoms with Crippen LogP contribution in [0.25, 0.3) is 0 Å². The number of hydrogen-bond acceptors (Lipinski definition) is 2. The van der Waals surface area contributed by atoms with Gasteiger partial charge in [-0.1, -0.05) is 20.8 Å². The van der Waals surface area contributed by atoms with Crippen molar-refractivity contribution >= 4 is 0 Å². The van der Waals surface area contributed by atoms with E-state index in [2.05, 4.69) is 37.9 Å². The molecule has 0 radical (unpaired) electrons. The molecule has 3 unspecified atom stereocenters. The molecule has 0 aromatic carbocycles. The predicted molar refractivity (Wildman–Crippen MR) is 74.2 cm³/mol. The summed E-state index contributed by atoms with van der Waals surface area (Å²) in [5.74, 6) is 1.80. The summed E-state index contributed by atoms with van der Waals surface area (Å²) < 4.78 is 0. The molecule has 2 fully saturated rings. The van der Waals surface area contributed by atoms with Crippen molar-refractivity contribution in [1.82, 2.24) is 10.2 Å². The van der Waals surface area contributed by atoms with Gasteiger partial charge in [0.15, 0.2) is 0 Å². The second kappa shape index (κ2) is 5.71. The van der Waals surface area contributed by atoms with Gasteiger partial charge in [-0.2, -0.15) is 0 Å². The Labute approximate surface area is 107 Å². The number of rotatable bonds is 5. The SMILES string of the molecule is CCC1CNC(C2CC2)CN1C(C)CC(C)C. The van der Waals surface area contributed by atoms with Gasteiger partial charge in [-0.15, -0.1) is 0 Å². The molecule has 2 aliphatic rings. The quantitative estimate of drug-likeness (QED) is 0.792. The van der Waals surface area contributed by atoms with E-state index in [0.29, 0.717) is 0 Å². The van der Waals surface area contributed by atoms with Crippen LogP contribution in [0.4, 0.5) is 0 Å². The highest BCUT2D eigenvalue weighted by Crippen LogP contribution is 2.35. The lowest BCUT2D eigenvalue weighted by atomic mass is 9.97. The second-order valence-electron chi connectivity index (χ2n) is 6.59. The normalized spacial score (nSPS) is 33.0. The minimum atomic E-state index is 0.753. The zero-order valence-corrected chi connectivity index (χ0v) is 12.1. The van der Waals surface area contributed by atoms with Gasteiger partial charge in [-0.25, -0.2) is 0 Å². The molecule has 100 valence electrons. The van der Waals surface area contributed by atoms with Gasteiger partial charge in [-0.3, -0.25) is 4.90 Å². The van der Waals surface area contributed by atoms with Crippen LogP contribution >= 0.6 is 0 Å². The van der Waals surface area contributed by atoms with Crippen molar-refractivity contribution in [2.45, 2.75) is 71.5 Å². The van der Waals surface area contributed by atoms with E-state index in [1.165, 1.54) is 38.8 Å². The molecule has 1 aliphatic carbocycles. The maximum Gasteiger partial charge on any atom is 0.0224 e. The second-order valence-corrected chi connectivity index (χ2v) is 6.59. The molecule has 0 bridgehead atoms. The molecule has 1 aliphatic heterocycles. The van der Waals surface area contributed by atoms with Crippen LogP contribution in [0.15, 0.2) is 0 Å². The van der Waals surface area contributed by atoms with E-state index >= 15 is 0 Å². The first-order valence-corrected chi connectivity index (χ1v) is 7.61. The van der Waals surface area contributed by atoms with Crippen LogP contribution < -0.4 is 5.32 Å². The fourth-order valence-electron chi connectivity index (χ4n) is 3.40. The van der Waals surface area contributed by atoms with Crippen LogP contribution in [0, 0.1) is 11.8 Å². The van der Waals surface area contributed by atoms with E-state index in [-0.39, 0.29) is 0 Å². The Morgan fingerprint density at radius 1 is 1.24 bits per heavy atom. The van der Waals surface area contributed by atoms with Crippen molar-refractivity contribution in [3.8, 4) is 0 Å². The van der Waals surface area contributed by atoms with Gasteiger partial charge in [-0.05, 0) is 44.4 Å². The van der Waals surface area contributed by atoms with Crippen molar-refractivity contribution in [3.05, 3.63) is 0 Å². The number of nitrogens with zero attached hydrogens (tertiary/aromatic N) is 1. The fraction of sp³-hybridized carbons (Fsp3) is 1.00. The first-order chi connectivity index (χ1) is 8.11. The first-order valence-electron chi connectivity index (χ1n) is 7.61. The Morgan fingerprint density at radius 3 is 2.47 bits per heavy atom. The van der Waals surface area contributed by atoms with Crippen molar-refractivity contribution in [2.75, 3.05) is 13.1 Å². The number of hydrogen-bond donors (Lipinski definition) is 1. The Balaban J connectivity index is 1.93. The average molecular weight is 238 g/mol. The van der Waals surface area contributed by atoms with Gasteiger partial charge in [0.25, 0.3) is 0 Å². The zero-order valence-electron chi connectivity index (χ0n) is 12.1. The lowest BCUT2D eigenvalue weighted by Gasteiger charge is -2.44. The molecule has 1 saturated carbocycles. The highest BCUT2D eigenvalue weighted by Gasteiger charge is 2.37. The molecule has 2 heteroatoms. The van der Waals surface area contributed by atoms with Crippen LogP contribution in [0.2, 0.25) is 0 Å². The van der Waals surface area contributed by atoms with E-state index in [9.17, 15) is 0 Å². The highest BCUT2D eigenvalue weighted by molar-refractivity contribution is 4.95. The van der Waals surface area contributed by atoms with E-state index < -0.39 is 0 Å². The van der Waals surface area contributed by atoms with Crippen LogP contribution in [-0.4, -0.2) is 36.1 Å². The smallest absolute Gasteiger partial charge is 0.0224 e. The molecule has 2 nitrogen and oxygen atoms in total. The molecule has 0 spiro atoms. The lowest BCUT2D eigenvalue weighted by Crippen LogP contribution is -2.59. The molecule has 2 rings (SSSR count). The van der Waals surface area contributed by atoms with Gasteiger partial charge in [0.1, 0.15) is 0 Å². The molecular formula is C15H30N2. The number of nitrogens with one attached hydrogen (secondary N) is 1. The van der Waals surface area contributed by atoms with Crippen molar-refractivity contribution in [1.29, 1.82) is 0 Å². The van der Waals surface area contributed by atoms with Crippen LogP contribution in [0.5, 0.6) is 0 Å². The monoisotopic (exact) mass is 238 g/mol. The summed E-state index contributed by atoms with van der Waals surface area (Å²) in [7, 11) is 0. The third-order valence-corrected chi connectivity index (χ3v) is 4.53. The Hall–Kier alpha value is -0.0800. The standard InChI is InChI=1S/C15H30N2/c1-5-14-9-16-15(13-6-7-13)10-17(14)12(4)8-11(2)3/h11-16H,5-10H2,1-4H3. The Kier molecular flexibility index (Phi) is 4.48.